The highest BCUT2D eigenvalue weighted by atomic mass is 16.7. The molecule has 3 nitrogen and oxygen atoms in total. The smallest absolute Gasteiger partial charge is 0.0790 e. The molecular weight excluding hydrogens is 200 g/mol. The average molecular weight is 222 g/mol. The second-order valence-corrected chi connectivity index (χ2v) is 4.80. The van der Waals surface area contributed by atoms with Gasteiger partial charge in [-0.2, -0.15) is 5.48 Å². The van der Waals surface area contributed by atoms with E-state index in [1.807, 2.05) is 0 Å². The maximum absolute atomic E-state index is 5.65. The first-order chi connectivity index (χ1) is 7.68. The summed E-state index contributed by atoms with van der Waals surface area (Å²) in [5, 5.41) is 0. The normalized spacial score (nSPS) is 17.2. The first-order valence-electron chi connectivity index (χ1n) is 6.19. The first kappa shape index (κ1) is 11.7. The van der Waals surface area contributed by atoms with Crippen LogP contribution >= 0.6 is 0 Å². The SMILES string of the molecule is Cc1cc(CNOC2CCCC2)c(C)n1C. The van der Waals surface area contributed by atoms with Crippen LogP contribution in [0.15, 0.2) is 6.07 Å². The number of rotatable bonds is 4. The fourth-order valence-corrected chi connectivity index (χ4v) is 2.36. The number of hydrogen-bond acceptors (Lipinski definition) is 2. The molecule has 1 aromatic rings. The van der Waals surface area contributed by atoms with Crippen molar-refractivity contribution in [1.82, 2.24) is 10.0 Å². The Hall–Kier alpha value is -0.800. The zero-order valence-corrected chi connectivity index (χ0v) is 10.5. The first-order valence-corrected chi connectivity index (χ1v) is 6.19. The molecule has 1 aliphatic rings. The molecule has 0 unspecified atom stereocenters. The lowest BCUT2D eigenvalue weighted by Crippen LogP contribution is -2.21. The van der Waals surface area contributed by atoms with Crippen molar-refractivity contribution in [1.29, 1.82) is 0 Å². The number of hydroxylamine groups is 1. The molecule has 0 bridgehead atoms. The van der Waals surface area contributed by atoms with Crippen LogP contribution in [-0.2, 0) is 18.4 Å². The summed E-state index contributed by atoms with van der Waals surface area (Å²) in [6, 6.07) is 2.22. The van der Waals surface area contributed by atoms with Crippen molar-refractivity contribution in [3.05, 3.63) is 23.0 Å². The molecule has 90 valence electrons. The summed E-state index contributed by atoms with van der Waals surface area (Å²) in [5.41, 5.74) is 7.06. The molecular formula is C13H22N2O. The van der Waals surface area contributed by atoms with Crippen LogP contribution < -0.4 is 5.48 Å². The van der Waals surface area contributed by atoms with Crippen LogP contribution in [0, 0.1) is 13.8 Å². The zero-order valence-electron chi connectivity index (χ0n) is 10.5. The van der Waals surface area contributed by atoms with Crippen molar-refractivity contribution in [3.63, 3.8) is 0 Å². The van der Waals surface area contributed by atoms with Gasteiger partial charge in [0, 0.05) is 25.0 Å². The largest absolute Gasteiger partial charge is 0.352 e. The molecule has 0 amide bonds. The fraction of sp³-hybridized carbons (Fsp3) is 0.692. The second kappa shape index (κ2) is 5.02. The number of aromatic nitrogens is 1. The Morgan fingerprint density at radius 3 is 2.62 bits per heavy atom. The molecule has 0 saturated heterocycles. The minimum atomic E-state index is 0.435. The van der Waals surface area contributed by atoms with Gasteiger partial charge in [0.25, 0.3) is 0 Å². The highest BCUT2D eigenvalue weighted by Crippen LogP contribution is 2.20. The number of aryl methyl sites for hydroxylation is 1. The predicted octanol–water partition coefficient (Wildman–Crippen LogP) is 2.61. The van der Waals surface area contributed by atoms with E-state index < -0.39 is 0 Å². The maximum Gasteiger partial charge on any atom is 0.0790 e. The molecule has 0 aromatic carbocycles. The lowest BCUT2D eigenvalue weighted by Gasteiger charge is -2.11. The molecule has 2 rings (SSSR count). The van der Waals surface area contributed by atoms with Gasteiger partial charge in [-0.3, -0.25) is 4.84 Å². The molecule has 1 fully saturated rings. The van der Waals surface area contributed by atoms with Crippen molar-refractivity contribution in [3.8, 4) is 0 Å². The highest BCUT2D eigenvalue weighted by molar-refractivity contribution is 5.25. The molecule has 1 saturated carbocycles. The quantitative estimate of drug-likeness (QED) is 0.793. The molecule has 0 spiro atoms. The van der Waals surface area contributed by atoms with E-state index in [4.69, 9.17) is 4.84 Å². The van der Waals surface area contributed by atoms with Gasteiger partial charge in [-0.05, 0) is 38.3 Å². The van der Waals surface area contributed by atoms with Crippen LogP contribution in [0.4, 0.5) is 0 Å². The summed E-state index contributed by atoms with van der Waals surface area (Å²) >= 11 is 0. The van der Waals surface area contributed by atoms with Gasteiger partial charge in [0.15, 0.2) is 0 Å². The Kier molecular flexibility index (Phi) is 3.66. The molecule has 3 heteroatoms. The van der Waals surface area contributed by atoms with Crippen molar-refractivity contribution >= 4 is 0 Å². The summed E-state index contributed by atoms with van der Waals surface area (Å²) in [7, 11) is 2.10. The third-order valence-electron chi connectivity index (χ3n) is 3.69. The molecule has 1 heterocycles. The summed E-state index contributed by atoms with van der Waals surface area (Å²) in [6.07, 6.45) is 5.48. The van der Waals surface area contributed by atoms with Gasteiger partial charge in [-0.15, -0.1) is 0 Å². The van der Waals surface area contributed by atoms with Crippen LogP contribution in [0.5, 0.6) is 0 Å². The Labute approximate surface area is 97.7 Å². The highest BCUT2D eigenvalue weighted by Gasteiger charge is 2.15. The Morgan fingerprint density at radius 2 is 2.06 bits per heavy atom. The van der Waals surface area contributed by atoms with Gasteiger partial charge in [-0.25, -0.2) is 0 Å². The van der Waals surface area contributed by atoms with E-state index in [-0.39, 0.29) is 0 Å². The molecule has 0 aliphatic heterocycles. The van der Waals surface area contributed by atoms with Crippen molar-refractivity contribution in [2.45, 2.75) is 52.2 Å². The van der Waals surface area contributed by atoms with E-state index in [1.54, 1.807) is 0 Å². The average Bonchev–Trinajstić information content (AvgIpc) is 2.85. The van der Waals surface area contributed by atoms with Crippen molar-refractivity contribution < 1.29 is 4.84 Å². The summed E-state index contributed by atoms with van der Waals surface area (Å²) in [6.45, 7) is 5.10. The Bertz CT molecular complexity index is 351. The van der Waals surface area contributed by atoms with Gasteiger partial charge >= 0.3 is 0 Å². The van der Waals surface area contributed by atoms with Crippen LogP contribution in [0.2, 0.25) is 0 Å². The summed E-state index contributed by atoms with van der Waals surface area (Å²) in [4.78, 5) is 5.65. The molecule has 0 radical (unpaired) electrons. The zero-order chi connectivity index (χ0) is 11.5. The van der Waals surface area contributed by atoms with Gasteiger partial charge in [0.1, 0.15) is 0 Å². The third kappa shape index (κ3) is 2.47. The van der Waals surface area contributed by atoms with E-state index in [9.17, 15) is 0 Å². The monoisotopic (exact) mass is 222 g/mol. The lowest BCUT2D eigenvalue weighted by atomic mass is 10.2. The molecule has 0 atom stereocenters. The minimum absolute atomic E-state index is 0.435. The van der Waals surface area contributed by atoms with Crippen molar-refractivity contribution in [2.24, 2.45) is 7.05 Å². The third-order valence-corrected chi connectivity index (χ3v) is 3.69. The Morgan fingerprint density at radius 1 is 1.38 bits per heavy atom. The topological polar surface area (TPSA) is 26.2 Å². The lowest BCUT2D eigenvalue weighted by molar-refractivity contribution is -0.0244. The minimum Gasteiger partial charge on any atom is -0.352 e. The number of nitrogens with zero attached hydrogens (tertiary/aromatic N) is 1. The standard InChI is InChI=1S/C13H22N2O/c1-10-8-12(11(2)15(10)3)9-14-16-13-6-4-5-7-13/h8,13-14H,4-7,9H2,1-3H3. The number of hydrogen-bond donors (Lipinski definition) is 1. The number of nitrogens with one attached hydrogen (secondary N) is 1. The van der Waals surface area contributed by atoms with Crippen LogP contribution in [0.3, 0.4) is 0 Å². The summed E-state index contributed by atoms with van der Waals surface area (Å²) in [5.74, 6) is 0. The van der Waals surface area contributed by atoms with Gasteiger partial charge < -0.3 is 4.57 Å². The molecule has 1 aliphatic carbocycles. The molecule has 1 aromatic heterocycles. The van der Waals surface area contributed by atoms with E-state index in [0.717, 1.165) is 6.54 Å². The van der Waals surface area contributed by atoms with Crippen LogP contribution in [0.25, 0.3) is 0 Å². The van der Waals surface area contributed by atoms with E-state index in [1.165, 1.54) is 42.6 Å². The summed E-state index contributed by atoms with van der Waals surface area (Å²) < 4.78 is 2.21. The second-order valence-electron chi connectivity index (χ2n) is 4.80. The molecule has 1 N–H and O–H groups in total. The molecule has 16 heavy (non-hydrogen) atoms. The Balaban J connectivity index is 1.82. The maximum atomic E-state index is 5.65. The predicted molar refractivity (Wildman–Crippen MR) is 65.1 cm³/mol. The van der Waals surface area contributed by atoms with Gasteiger partial charge in [0.2, 0.25) is 0 Å². The van der Waals surface area contributed by atoms with Crippen LogP contribution in [-0.4, -0.2) is 10.7 Å². The van der Waals surface area contributed by atoms with Crippen molar-refractivity contribution in [2.75, 3.05) is 0 Å². The van der Waals surface area contributed by atoms with E-state index >= 15 is 0 Å². The van der Waals surface area contributed by atoms with Crippen LogP contribution in [0.1, 0.15) is 42.6 Å². The fourth-order valence-electron chi connectivity index (χ4n) is 2.36. The van der Waals surface area contributed by atoms with E-state index in [0.29, 0.717) is 6.10 Å². The van der Waals surface area contributed by atoms with Gasteiger partial charge in [0.05, 0.1) is 6.10 Å². The van der Waals surface area contributed by atoms with E-state index in [2.05, 4.69) is 37.0 Å². The van der Waals surface area contributed by atoms with Gasteiger partial charge in [-0.1, -0.05) is 12.8 Å².